The maximum absolute atomic E-state index is 6.15. The molecule has 0 spiro atoms. The van der Waals surface area contributed by atoms with Crippen molar-refractivity contribution in [1.82, 2.24) is 15.0 Å². The van der Waals surface area contributed by atoms with E-state index in [9.17, 15) is 0 Å². The molecule has 0 atom stereocenters. The molecule has 18 heavy (non-hydrogen) atoms. The van der Waals surface area contributed by atoms with Gasteiger partial charge in [-0.1, -0.05) is 28.4 Å². The molecular weight excluding hydrogens is 271 g/mol. The fraction of sp³-hybridized carbons (Fsp3) is 0.333. The van der Waals surface area contributed by atoms with Crippen LogP contribution >= 0.6 is 23.2 Å². The number of hydrogen-bond donors (Lipinski definition) is 1. The molecule has 1 aromatic carbocycles. The van der Waals surface area contributed by atoms with Gasteiger partial charge in [-0.15, -0.1) is 5.10 Å². The van der Waals surface area contributed by atoms with E-state index >= 15 is 0 Å². The van der Waals surface area contributed by atoms with Crippen molar-refractivity contribution in [3.8, 4) is 0 Å². The fourth-order valence-corrected chi connectivity index (χ4v) is 2.43. The highest BCUT2D eigenvalue weighted by molar-refractivity contribution is 6.33. The molecule has 2 N–H and O–H groups in total. The van der Waals surface area contributed by atoms with Gasteiger partial charge in [0.1, 0.15) is 0 Å². The molecule has 1 aromatic heterocycles. The number of halogens is 2. The third-order valence-corrected chi connectivity index (χ3v) is 3.70. The average Bonchev–Trinajstić information content (AvgIpc) is 3.10. The summed E-state index contributed by atoms with van der Waals surface area (Å²) in [6.07, 6.45) is 2.31. The Kier molecular flexibility index (Phi) is 2.92. The van der Waals surface area contributed by atoms with E-state index in [2.05, 4.69) is 10.3 Å². The van der Waals surface area contributed by atoms with Crippen molar-refractivity contribution in [3.63, 3.8) is 0 Å². The Morgan fingerprint density at radius 1 is 1.33 bits per heavy atom. The molecular formula is C12H12Cl2N4. The van der Waals surface area contributed by atoms with Crippen LogP contribution in [-0.2, 0) is 6.54 Å². The highest BCUT2D eigenvalue weighted by atomic mass is 35.5. The third kappa shape index (κ3) is 2.18. The van der Waals surface area contributed by atoms with Crippen LogP contribution in [0.1, 0.15) is 30.0 Å². The number of anilines is 1. The van der Waals surface area contributed by atoms with Crippen molar-refractivity contribution in [2.24, 2.45) is 0 Å². The van der Waals surface area contributed by atoms with Crippen molar-refractivity contribution in [2.45, 2.75) is 25.3 Å². The minimum atomic E-state index is 0.498. The van der Waals surface area contributed by atoms with Crippen molar-refractivity contribution in [2.75, 3.05) is 5.73 Å². The molecule has 0 radical (unpaired) electrons. The minimum absolute atomic E-state index is 0.498. The monoisotopic (exact) mass is 282 g/mol. The Morgan fingerprint density at radius 2 is 2.11 bits per heavy atom. The van der Waals surface area contributed by atoms with Crippen molar-refractivity contribution in [3.05, 3.63) is 39.5 Å². The Bertz CT molecular complexity index is 590. The SMILES string of the molecule is Nc1nnn(Cc2cc(Cl)ccc2Cl)c1C1CC1. The van der Waals surface area contributed by atoms with Gasteiger partial charge in [0.05, 0.1) is 12.2 Å². The second kappa shape index (κ2) is 4.44. The summed E-state index contributed by atoms with van der Waals surface area (Å²) in [6, 6.07) is 5.40. The van der Waals surface area contributed by atoms with Gasteiger partial charge in [-0.3, -0.25) is 0 Å². The van der Waals surface area contributed by atoms with Crippen LogP contribution in [0, 0.1) is 0 Å². The van der Waals surface area contributed by atoms with Gasteiger partial charge in [0.25, 0.3) is 0 Å². The average molecular weight is 283 g/mol. The zero-order valence-corrected chi connectivity index (χ0v) is 11.1. The lowest BCUT2D eigenvalue weighted by molar-refractivity contribution is 0.619. The van der Waals surface area contributed by atoms with Crippen LogP contribution in [0.2, 0.25) is 10.0 Å². The Balaban J connectivity index is 1.94. The van der Waals surface area contributed by atoms with Crippen LogP contribution in [-0.4, -0.2) is 15.0 Å². The molecule has 94 valence electrons. The van der Waals surface area contributed by atoms with Crippen LogP contribution in [0.3, 0.4) is 0 Å². The van der Waals surface area contributed by atoms with E-state index in [4.69, 9.17) is 28.9 Å². The first kappa shape index (κ1) is 11.8. The van der Waals surface area contributed by atoms with Gasteiger partial charge in [-0.2, -0.15) is 0 Å². The molecule has 1 fully saturated rings. The van der Waals surface area contributed by atoms with Gasteiger partial charge < -0.3 is 5.73 Å². The predicted octanol–water partition coefficient (Wildman–Crippen LogP) is 3.09. The number of nitrogen functional groups attached to an aromatic ring is 1. The molecule has 1 aliphatic carbocycles. The summed E-state index contributed by atoms with van der Waals surface area (Å²) in [5.41, 5.74) is 7.80. The van der Waals surface area contributed by atoms with Crippen LogP contribution in [0.4, 0.5) is 5.82 Å². The molecule has 1 saturated carbocycles. The first-order chi connectivity index (χ1) is 8.65. The summed E-state index contributed by atoms with van der Waals surface area (Å²) in [4.78, 5) is 0. The second-order valence-corrected chi connectivity index (χ2v) is 5.37. The van der Waals surface area contributed by atoms with E-state index in [0.717, 1.165) is 24.1 Å². The smallest absolute Gasteiger partial charge is 0.169 e. The largest absolute Gasteiger partial charge is 0.381 e. The first-order valence-corrected chi connectivity index (χ1v) is 6.53. The summed E-state index contributed by atoms with van der Waals surface area (Å²) >= 11 is 12.1. The number of rotatable bonds is 3. The summed E-state index contributed by atoms with van der Waals surface area (Å²) < 4.78 is 1.82. The molecule has 1 aliphatic rings. The molecule has 3 rings (SSSR count). The van der Waals surface area contributed by atoms with Crippen molar-refractivity contribution >= 4 is 29.0 Å². The Labute approximate surface area is 115 Å². The lowest BCUT2D eigenvalue weighted by atomic mass is 10.2. The van der Waals surface area contributed by atoms with E-state index in [1.54, 1.807) is 12.1 Å². The van der Waals surface area contributed by atoms with Crippen LogP contribution in [0.5, 0.6) is 0 Å². The van der Waals surface area contributed by atoms with Gasteiger partial charge in [0.2, 0.25) is 0 Å². The van der Waals surface area contributed by atoms with Gasteiger partial charge >= 0.3 is 0 Å². The van der Waals surface area contributed by atoms with E-state index < -0.39 is 0 Å². The number of hydrogen-bond acceptors (Lipinski definition) is 3. The summed E-state index contributed by atoms with van der Waals surface area (Å²) in [5, 5.41) is 9.36. The standard InChI is InChI=1S/C12H12Cl2N4/c13-9-3-4-10(14)8(5-9)6-18-11(7-1-2-7)12(15)16-17-18/h3-5,7H,1-2,6,15H2. The topological polar surface area (TPSA) is 56.7 Å². The fourth-order valence-electron chi connectivity index (χ4n) is 2.05. The van der Waals surface area contributed by atoms with E-state index in [1.807, 2.05) is 10.7 Å². The second-order valence-electron chi connectivity index (χ2n) is 4.53. The van der Waals surface area contributed by atoms with Gasteiger partial charge in [0.15, 0.2) is 5.82 Å². The van der Waals surface area contributed by atoms with Crippen LogP contribution in [0.25, 0.3) is 0 Å². The maximum Gasteiger partial charge on any atom is 0.169 e. The van der Waals surface area contributed by atoms with Gasteiger partial charge in [-0.25, -0.2) is 4.68 Å². The Morgan fingerprint density at radius 3 is 2.83 bits per heavy atom. The summed E-state index contributed by atoms with van der Waals surface area (Å²) in [5.74, 6) is 1.02. The number of benzene rings is 1. The zero-order valence-electron chi connectivity index (χ0n) is 9.61. The molecule has 0 amide bonds. The third-order valence-electron chi connectivity index (χ3n) is 3.09. The minimum Gasteiger partial charge on any atom is -0.381 e. The highest BCUT2D eigenvalue weighted by Crippen LogP contribution is 2.42. The summed E-state index contributed by atoms with van der Waals surface area (Å²) in [6.45, 7) is 0.551. The molecule has 0 unspecified atom stereocenters. The van der Waals surface area contributed by atoms with Crippen molar-refractivity contribution in [1.29, 1.82) is 0 Å². The van der Waals surface area contributed by atoms with Crippen LogP contribution < -0.4 is 5.73 Å². The molecule has 0 saturated heterocycles. The van der Waals surface area contributed by atoms with Gasteiger partial charge in [-0.05, 0) is 36.6 Å². The molecule has 2 aromatic rings. The molecule has 1 heterocycles. The van der Waals surface area contributed by atoms with Gasteiger partial charge in [0, 0.05) is 16.0 Å². The summed E-state index contributed by atoms with van der Waals surface area (Å²) in [7, 11) is 0. The maximum atomic E-state index is 6.15. The number of aromatic nitrogens is 3. The number of nitrogens with zero attached hydrogens (tertiary/aromatic N) is 3. The molecule has 4 nitrogen and oxygen atoms in total. The first-order valence-electron chi connectivity index (χ1n) is 5.78. The van der Waals surface area contributed by atoms with E-state index in [0.29, 0.717) is 28.3 Å². The quantitative estimate of drug-likeness (QED) is 0.941. The zero-order chi connectivity index (χ0) is 12.7. The van der Waals surface area contributed by atoms with Crippen molar-refractivity contribution < 1.29 is 0 Å². The molecule has 6 heteroatoms. The Hall–Kier alpha value is -1.26. The van der Waals surface area contributed by atoms with E-state index in [1.165, 1.54) is 0 Å². The highest BCUT2D eigenvalue weighted by Gasteiger charge is 2.30. The number of nitrogens with two attached hydrogens (primary N) is 1. The predicted molar refractivity (Wildman–Crippen MR) is 72.0 cm³/mol. The van der Waals surface area contributed by atoms with Crippen LogP contribution in [0.15, 0.2) is 18.2 Å². The normalized spacial score (nSPS) is 15.0. The van der Waals surface area contributed by atoms with E-state index in [-0.39, 0.29) is 0 Å². The molecule has 0 aliphatic heterocycles. The molecule has 0 bridgehead atoms. The lowest BCUT2D eigenvalue weighted by Gasteiger charge is -2.08. The lowest BCUT2D eigenvalue weighted by Crippen LogP contribution is -2.07.